The van der Waals surface area contributed by atoms with Crippen LogP contribution in [0.2, 0.25) is 10.0 Å². The number of benzene rings is 1. The van der Waals surface area contributed by atoms with Crippen molar-refractivity contribution in [2.45, 2.75) is 0 Å². The normalized spacial score (nSPS) is 12.4. The second-order valence-electron chi connectivity index (χ2n) is 4.54. The third kappa shape index (κ3) is 1.82. The highest BCUT2D eigenvalue weighted by molar-refractivity contribution is 7.13. The number of aromatic amines is 1. The summed E-state index contributed by atoms with van der Waals surface area (Å²) in [5, 5.41) is 12.9. The molecule has 0 amide bonds. The van der Waals surface area contributed by atoms with Crippen LogP contribution in [0.15, 0.2) is 29.6 Å². The number of rotatable bonds is 2. The molecule has 4 nitrogen and oxygen atoms in total. The lowest BCUT2D eigenvalue weighted by molar-refractivity contribution is 0.104. The average Bonchev–Trinajstić information content (AvgIpc) is 3.13. The molecule has 0 radical (unpaired) electrons. The summed E-state index contributed by atoms with van der Waals surface area (Å²) in [5.41, 5.74) is 2.81. The van der Waals surface area contributed by atoms with Gasteiger partial charge in [-0.05, 0) is 23.6 Å². The van der Waals surface area contributed by atoms with E-state index in [-0.39, 0.29) is 5.78 Å². The molecule has 0 aliphatic heterocycles. The van der Waals surface area contributed by atoms with Gasteiger partial charge in [0.25, 0.3) is 0 Å². The first-order valence-electron chi connectivity index (χ1n) is 6.09. The lowest BCUT2D eigenvalue weighted by atomic mass is 10.2. The van der Waals surface area contributed by atoms with Crippen molar-refractivity contribution >= 4 is 51.8 Å². The number of nitrogens with one attached hydrogen (secondary N) is 2. The van der Waals surface area contributed by atoms with Gasteiger partial charge in [-0.2, -0.15) is 5.10 Å². The highest BCUT2D eigenvalue weighted by atomic mass is 35.5. The quantitative estimate of drug-likeness (QED) is 0.556. The molecular formula is C14H7Cl2N3OS. The molecule has 104 valence electrons. The van der Waals surface area contributed by atoms with Gasteiger partial charge in [-0.25, -0.2) is 0 Å². The molecule has 0 spiro atoms. The van der Waals surface area contributed by atoms with E-state index >= 15 is 0 Å². The van der Waals surface area contributed by atoms with Gasteiger partial charge in [0.2, 0.25) is 5.78 Å². The van der Waals surface area contributed by atoms with E-state index < -0.39 is 0 Å². The summed E-state index contributed by atoms with van der Waals surface area (Å²) in [5.74, 6) is 0.437. The van der Waals surface area contributed by atoms with E-state index in [9.17, 15) is 4.79 Å². The van der Waals surface area contributed by atoms with Crippen molar-refractivity contribution in [2.75, 3.05) is 5.32 Å². The van der Waals surface area contributed by atoms with Gasteiger partial charge in [-0.15, -0.1) is 11.3 Å². The predicted octanol–water partition coefficient (Wildman–Crippen LogP) is 4.73. The maximum absolute atomic E-state index is 12.4. The van der Waals surface area contributed by atoms with E-state index in [1.54, 1.807) is 18.2 Å². The average molecular weight is 336 g/mol. The molecule has 0 fully saturated rings. The van der Waals surface area contributed by atoms with Crippen molar-refractivity contribution in [1.82, 2.24) is 10.2 Å². The zero-order chi connectivity index (χ0) is 14.6. The standard InChI is InChI=1S/C14H7Cl2N3OS/c15-7-2-1-3-8(10(7)16)17-14-9-11(18-19-14)6-4-5-21-13(6)12(9)20/h1-5H,(H2,17,18,19). The molecule has 7 heteroatoms. The minimum absolute atomic E-state index is 0.0237. The number of hydrogen-bond acceptors (Lipinski definition) is 4. The van der Waals surface area contributed by atoms with Crippen LogP contribution in [-0.4, -0.2) is 16.0 Å². The number of halogens is 2. The lowest BCUT2D eigenvalue weighted by Crippen LogP contribution is -2.00. The Bertz CT molecular complexity index is 884. The Kier molecular flexibility index (Phi) is 2.82. The van der Waals surface area contributed by atoms with E-state index in [2.05, 4.69) is 15.5 Å². The van der Waals surface area contributed by atoms with Gasteiger partial charge in [0.1, 0.15) is 0 Å². The molecule has 2 N–H and O–H groups in total. The summed E-state index contributed by atoms with van der Waals surface area (Å²) in [6.07, 6.45) is 0. The van der Waals surface area contributed by atoms with Gasteiger partial charge in [-0.3, -0.25) is 9.89 Å². The number of fused-ring (bicyclic) bond motifs is 3. The first kappa shape index (κ1) is 12.9. The number of thiophene rings is 1. The number of carbonyl (C=O) groups is 1. The summed E-state index contributed by atoms with van der Waals surface area (Å²) in [6.45, 7) is 0. The molecule has 21 heavy (non-hydrogen) atoms. The van der Waals surface area contributed by atoms with Gasteiger partial charge < -0.3 is 5.32 Å². The molecular weight excluding hydrogens is 329 g/mol. The summed E-state index contributed by atoms with van der Waals surface area (Å²) in [7, 11) is 0. The number of carbonyl (C=O) groups excluding carboxylic acids is 1. The van der Waals surface area contributed by atoms with Crippen LogP contribution in [0, 0.1) is 0 Å². The molecule has 0 saturated carbocycles. The van der Waals surface area contributed by atoms with E-state index in [0.717, 1.165) is 16.1 Å². The second kappa shape index (κ2) is 4.59. The Balaban J connectivity index is 1.79. The van der Waals surface area contributed by atoms with Gasteiger partial charge >= 0.3 is 0 Å². The Morgan fingerprint density at radius 1 is 1.24 bits per heavy atom. The number of ketones is 1. The van der Waals surface area contributed by atoms with Crippen molar-refractivity contribution in [3.63, 3.8) is 0 Å². The highest BCUT2D eigenvalue weighted by Crippen LogP contribution is 2.42. The SMILES string of the molecule is O=C1c2sccc2-c2[nH]nc(Nc3cccc(Cl)c3Cl)c21. The predicted molar refractivity (Wildman–Crippen MR) is 85.1 cm³/mol. The van der Waals surface area contributed by atoms with Crippen LogP contribution in [0.4, 0.5) is 11.5 Å². The van der Waals surface area contributed by atoms with Crippen LogP contribution in [0.5, 0.6) is 0 Å². The lowest BCUT2D eigenvalue weighted by Gasteiger charge is -2.07. The summed E-state index contributed by atoms with van der Waals surface area (Å²) in [6, 6.07) is 7.18. The first-order chi connectivity index (χ1) is 10.2. The van der Waals surface area contributed by atoms with Crippen LogP contribution in [-0.2, 0) is 0 Å². The number of hydrogen-bond donors (Lipinski definition) is 2. The van der Waals surface area contributed by atoms with E-state index in [0.29, 0.717) is 27.1 Å². The molecule has 0 atom stereocenters. The molecule has 0 saturated heterocycles. The van der Waals surface area contributed by atoms with Gasteiger partial charge in [0.05, 0.1) is 31.9 Å². The van der Waals surface area contributed by atoms with Gasteiger partial charge in [0, 0.05) is 5.56 Å². The Morgan fingerprint density at radius 2 is 2.10 bits per heavy atom. The maximum Gasteiger partial charge on any atom is 0.209 e. The van der Waals surface area contributed by atoms with Crippen molar-refractivity contribution in [3.8, 4) is 11.3 Å². The zero-order valence-electron chi connectivity index (χ0n) is 10.4. The number of H-pyrrole nitrogens is 1. The largest absolute Gasteiger partial charge is 0.337 e. The zero-order valence-corrected chi connectivity index (χ0v) is 12.7. The fourth-order valence-electron chi connectivity index (χ4n) is 2.37. The van der Waals surface area contributed by atoms with Gasteiger partial charge in [-0.1, -0.05) is 29.3 Å². The van der Waals surface area contributed by atoms with Crippen LogP contribution in [0.1, 0.15) is 15.2 Å². The Hall–Kier alpha value is -1.82. The van der Waals surface area contributed by atoms with Crippen molar-refractivity contribution in [2.24, 2.45) is 0 Å². The fraction of sp³-hybridized carbons (Fsp3) is 0. The van der Waals surface area contributed by atoms with Crippen LogP contribution in [0.3, 0.4) is 0 Å². The highest BCUT2D eigenvalue weighted by Gasteiger charge is 2.33. The van der Waals surface area contributed by atoms with Crippen molar-refractivity contribution in [1.29, 1.82) is 0 Å². The minimum atomic E-state index is -0.0237. The molecule has 2 heterocycles. The van der Waals surface area contributed by atoms with Crippen molar-refractivity contribution < 1.29 is 4.79 Å². The third-order valence-corrected chi connectivity index (χ3v) is 5.07. The fourth-order valence-corrected chi connectivity index (χ4v) is 3.57. The smallest absolute Gasteiger partial charge is 0.209 e. The van der Waals surface area contributed by atoms with Crippen LogP contribution >= 0.6 is 34.5 Å². The molecule has 1 aromatic carbocycles. The molecule has 0 bridgehead atoms. The molecule has 1 aliphatic carbocycles. The number of anilines is 2. The third-order valence-electron chi connectivity index (χ3n) is 3.34. The Morgan fingerprint density at radius 3 is 2.95 bits per heavy atom. The van der Waals surface area contributed by atoms with E-state index in [1.165, 1.54) is 11.3 Å². The second-order valence-corrected chi connectivity index (χ2v) is 6.24. The Labute approximate surface area is 133 Å². The number of nitrogens with zero attached hydrogens (tertiary/aromatic N) is 1. The monoisotopic (exact) mass is 335 g/mol. The summed E-state index contributed by atoms with van der Waals surface area (Å²) >= 11 is 13.6. The van der Waals surface area contributed by atoms with E-state index in [4.69, 9.17) is 23.2 Å². The van der Waals surface area contributed by atoms with E-state index in [1.807, 2.05) is 11.4 Å². The molecule has 1 aliphatic rings. The maximum atomic E-state index is 12.4. The topological polar surface area (TPSA) is 57.8 Å². The van der Waals surface area contributed by atoms with Crippen LogP contribution < -0.4 is 5.32 Å². The molecule has 4 rings (SSSR count). The van der Waals surface area contributed by atoms with Crippen LogP contribution in [0.25, 0.3) is 11.3 Å². The minimum Gasteiger partial charge on any atom is -0.337 e. The van der Waals surface area contributed by atoms with Crippen molar-refractivity contribution in [3.05, 3.63) is 50.1 Å². The molecule has 2 aromatic heterocycles. The van der Waals surface area contributed by atoms with Gasteiger partial charge in [0.15, 0.2) is 5.82 Å². The summed E-state index contributed by atoms with van der Waals surface area (Å²) < 4.78 is 0. The molecule has 0 unspecified atom stereocenters. The molecule has 3 aromatic rings. The first-order valence-corrected chi connectivity index (χ1v) is 7.72. The number of aromatic nitrogens is 2. The summed E-state index contributed by atoms with van der Waals surface area (Å²) in [4.78, 5) is 13.2.